The number of hydrogen-bond donors (Lipinski definition) is 3. The number of imidazole rings is 1. The Kier molecular flexibility index (Phi) is 4.29. The van der Waals surface area contributed by atoms with Crippen LogP contribution in [0.3, 0.4) is 0 Å². The Morgan fingerprint density at radius 1 is 1.50 bits per heavy atom. The standard InChI is InChI=1S/C13H19N5O2/c1-2-8-20-10-5-3-4-9-11(10)17-12(14)18(9)7-6-16-13(15)19/h3-5H,2,6-8H2,1H3,(H2,14,17)(H3,15,16,19). The maximum absolute atomic E-state index is 10.7. The molecule has 5 N–H and O–H groups in total. The molecule has 0 unspecified atom stereocenters. The molecule has 0 atom stereocenters. The lowest BCUT2D eigenvalue weighted by Crippen LogP contribution is -2.32. The van der Waals surface area contributed by atoms with Gasteiger partial charge in [0.2, 0.25) is 5.95 Å². The molecule has 1 heterocycles. The molecule has 0 saturated carbocycles. The number of fused-ring (bicyclic) bond motifs is 1. The summed E-state index contributed by atoms with van der Waals surface area (Å²) in [5.74, 6) is 1.11. The van der Waals surface area contributed by atoms with E-state index < -0.39 is 6.03 Å². The number of carbonyl (C=O) groups is 1. The molecule has 0 saturated heterocycles. The first-order valence-corrected chi connectivity index (χ1v) is 6.54. The fraction of sp³-hybridized carbons (Fsp3) is 0.385. The van der Waals surface area contributed by atoms with Gasteiger partial charge in [-0.1, -0.05) is 13.0 Å². The van der Waals surface area contributed by atoms with Crippen LogP contribution in [-0.2, 0) is 6.54 Å². The number of urea groups is 1. The fourth-order valence-electron chi connectivity index (χ4n) is 1.99. The number of para-hydroxylation sites is 1. The number of benzene rings is 1. The zero-order chi connectivity index (χ0) is 14.5. The third kappa shape index (κ3) is 2.93. The lowest BCUT2D eigenvalue weighted by atomic mass is 10.3. The summed E-state index contributed by atoms with van der Waals surface area (Å²) in [6.45, 7) is 3.57. The first kappa shape index (κ1) is 14.0. The van der Waals surface area contributed by atoms with Crippen LogP contribution < -0.4 is 21.5 Å². The smallest absolute Gasteiger partial charge is 0.312 e. The van der Waals surface area contributed by atoms with Gasteiger partial charge >= 0.3 is 6.03 Å². The summed E-state index contributed by atoms with van der Waals surface area (Å²) >= 11 is 0. The quantitative estimate of drug-likeness (QED) is 0.734. The summed E-state index contributed by atoms with van der Waals surface area (Å²) in [5, 5.41) is 2.53. The summed E-state index contributed by atoms with van der Waals surface area (Å²) in [5.41, 5.74) is 12.6. The van der Waals surface area contributed by atoms with Crippen molar-refractivity contribution < 1.29 is 9.53 Å². The van der Waals surface area contributed by atoms with E-state index in [-0.39, 0.29) is 0 Å². The Balaban J connectivity index is 2.26. The molecule has 2 amide bonds. The molecule has 0 radical (unpaired) electrons. The van der Waals surface area contributed by atoms with Crippen molar-refractivity contribution in [3.63, 3.8) is 0 Å². The molecule has 2 aromatic rings. The van der Waals surface area contributed by atoms with E-state index in [1.165, 1.54) is 0 Å². The van der Waals surface area contributed by atoms with Crippen molar-refractivity contribution in [1.82, 2.24) is 14.9 Å². The minimum Gasteiger partial charge on any atom is -0.491 e. The Bertz CT molecular complexity index is 608. The van der Waals surface area contributed by atoms with Gasteiger partial charge in [-0.2, -0.15) is 0 Å². The number of primary amides is 1. The lowest BCUT2D eigenvalue weighted by molar-refractivity contribution is 0.248. The normalized spacial score (nSPS) is 10.7. The Hall–Kier alpha value is -2.44. The van der Waals surface area contributed by atoms with Crippen molar-refractivity contribution in [1.29, 1.82) is 0 Å². The molecule has 1 aromatic carbocycles. The van der Waals surface area contributed by atoms with Crippen LogP contribution in [0.25, 0.3) is 11.0 Å². The number of rotatable bonds is 6. The molecule has 0 spiro atoms. The number of hydrogen-bond acceptors (Lipinski definition) is 4. The summed E-state index contributed by atoms with van der Waals surface area (Å²) < 4.78 is 7.48. The molecule has 1 aromatic heterocycles. The molecule has 2 rings (SSSR count). The van der Waals surface area contributed by atoms with Crippen LogP contribution in [0, 0.1) is 0 Å². The van der Waals surface area contributed by atoms with Gasteiger partial charge in [0, 0.05) is 13.1 Å². The molecule has 20 heavy (non-hydrogen) atoms. The van der Waals surface area contributed by atoms with E-state index in [4.69, 9.17) is 16.2 Å². The Morgan fingerprint density at radius 2 is 2.30 bits per heavy atom. The average Bonchev–Trinajstić information content (AvgIpc) is 2.73. The van der Waals surface area contributed by atoms with Crippen LogP contribution in [-0.4, -0.2) is 28.7 Å². The first-order chi connectivity index (χ1) is 9.63. The van der Waals surface area contributed by atoms with E-state index in [9.17, 15) is 4.79 Å². The van der Waals surface area contributed by atoms with Gasteiger partial charge in [0.05, 0.1) is 12.1 Å². The van der Waals surface area contributed by atoms with Crippen LogP contribution in [0.4, 0.5) is 10.7 Å². The topological polar surface area (TPSA) is 108 Å². The maximum atomic E-state index is 10.7. The second kappa shape index (κ2) is 6.14. The molecule has 0 aliphatic carbocycles. The zero-order valence-corrected chi connectivity index (χ0v) is 11.4. The molecule has 108 valence electrons. The third-order valence-electron chi connectivity index (χ3n) is 2.87. The van der Waals surface area contributed by atoms with Gasteiger partial charge in [0.1, 0.15) is 11.3 Å². The average molecular weight is 277 g/mol. The van der Waals surface area contributed by atoms with Crippen molar-refractivity contribution in [3.8, 4) is 5.75 Å². The highest BCUT2D eigenvalue weighted by Crippen LogP contribution is 2.27. The SMILES string of the molecule is CCCOc1cccc2c1nc(N)n2CCNC(N)=O. The summed E-state index contributed by atoms with van der Waals surface area (Å²) in [6.07, 6.45) is 0.926. The predicted octanol–water partition coefficient (Wildman–Crippen LogP) is 1.08. The monoisotopic (exact) mass is 277 g/mol. The number of carbonyl (C=O) groups excluding carboxylic acids is 1. The number of nitrogens with one attached hydrogen (secondary N) is 1. The first-order valence-electron chi connectivity index (χ1n) is 6.54. The molecule has 0 fully saturated rings. The summed E-state index contributed by atoms with van der Waals surface area (Å²) in [6, 6.07) is 5.13. The van der Waals surface area contributed by atoms with Gasteiger partial charge in [0.25, 0.3) is 0 Å². The van der Waals surface area contributed by atoms with Crippen LogP contribution in [0.1, 0.15) is 13.3 Å². The van der Waals surface area contributed by atoms with Gasteiger partial charge in [-0.05, 0) is 18.6 Å². The van der Waals surface area contributed by atoms with Crippen molar-refractivity contribution in [2.75, 3.05) is 18.9 Å². The number of amides is 2. The van der Waals surface area contributed by atoms with Crippen molar-refractivity contribution in [2.45, 2.75) is 19.9 Å². The van der Waals surface area contributed by atoms with Crippen molar-refractivity contribution in [2.24, 2.45) is 5.73 Å². The number of nitrogen functional groups attached to an aromatic ring is 1. The van der Waals surface area contributed by atoms with Gasteiger partial charge in [-0.15, -0.1) is 0 Å². The lowest BCUT2D eigenvalue weighted by Gasteiger charge is -2.08. The summed E-state index contributed by atoms with van der Waals surface area (Å²) in [4.78, 5) is 15.0. The number of aromatic nitrogens is 2. The zero-order valence-electron chi connectivity index (χ0n) is 11.4. The largest absolute Gasteiger partial charge is 0.491 e. The second-order valence-electron chi connectivity index (χ2n) is 4.39. The van der Waals surface area contributed by atoms with E-state index >= 15 is 0 Å². The molecule has 0 aliphatic rings. The predicted molar refractivity (Wildman–Crippen MR) is 77.5 cm³/mol. The number of ether oxygens (including phenoxy) is 1. The van der Waals surface area contributed by atoms with Crippen LogP contribution in [0.5, 0.6) is 5.75 Å². The van der Waals surface area contributed by atoms with E-state index in [0.717, 1.165) is 23.2 Å². The Labute approximate surface area is 116 Å². The molecular weight excluding hydrogens is 258 g/mol. The minimum atomic E-state index is -0.556. The highest BCUT2D eigenvalue weighted by molar-refractivity contribution is 5.84. The van der Waals surface area contributed by atoms with E-state index in [0.29, 0.717) is 25.6 Å². The van der Waals surface area contributed by atoms with E-state index in [1.807, 2.05) is 29.7 Å². The fourth-order valence-corrected chi connectivity index (χ4v) is 1.99. The molecule has 7 heteroatoms. The molecule has 0 bridgehead atoms. The summed E-state index contributed by atoms with van der Waals surface area (Å²) in [7, 11) is 0. The van der Waals surface area contributed by atoms with Crippen molar-refractivity contribution >= 4 is 23.0 Å². The van der Waals surface area contributed by atoms with Crippen LogP contribution in [0.2, 0.25) is 0 Å². The second-order valence-corrected chi connectivity index (χ2v) is 4.39. The van der Waals surface area contributed by atoms with Gasteiger partial charge < -0.3 is 26.1 Å². The molecule has 0 aliphatic heterocycles. The highest BCUT2D eigenvalue weighted by atomic mass is 16.5. The van der Waals surface area contributed by atoms with Crippen molar-refractivity contribution in [3.05, 3.63) is 18.2 Å². The number of nitrogens with zero attached hydrogens (tertiary/aromatic N) is 2. The Morgan fingerprint density at radius 3 is 3.00 bits per heavy atom. The number of anilines is 1. The highest BCUT2D eigenvalue weighted by Gasteiger charge is 2.12. The number of nitrogens with two attached hydrogens (primary N) is 2. The molecule has 7 nitrogen and oxygen atoms in total. The van der Waals surface area contributed by atoms with Gasteiger partial charge in [-0.3, -0.25) is 0 Å². The minimum absolute atomic E-state index is 0.388. The third-order valence-corrected chi connectivity index (χ3v) is 2.87. The van der Waals surface area contributed by atoms with Crippen LogP contribution in [0.15, 0.2) is 18.2 Å². The van der Waals surface area contributed by atoms with Gasteiger partial charge in [0.15, 0.2) is 0 Å². The van der Waals surface area contributed by atoms with E-state index in [2.05, 4.69) is 10.3 Å². The van der Waals surface area contributed by atoms with E-state index in [1.54, 1.807) is 0 Å². The molecular formula is C13H19N5O2. The maximum Gasteiger partial charge on any atom is 0.312 e. The van der Waals surface area contributed by atoms with Gasteiger partial charge in [-0.25, -0.2) is 9.78 Å². The van der Waals surface area contributed by atoms with Crippen LogP contribution >= 0.6 is 0 Å².